The second-order valence-corrected chi connectivity index (χ2v) is 30.3. The summed E-state index contributed by atoms with van der Waals surface area (Å²) in [5.41, 5.74) is 2.01. The lowest BCUT2D eigenvalue weighted by atomic mass is 9.47. The van der Waals surface area contributed by atoms with Crippen LogP contribution in [0.2, 0.25) is 0 Å². The molecule has 0 spiro atoms. The van der Waals surface area contributed by atoms with Crippen LogP contribution in [0.15, 0.2) is 23.0 Å². The van der Waals surface area contributed by atoms with Crippen molar-refractivity contribution in [3.05, 3.63) is 23.0 Å². The SMILES string of the molecule is CC(=O)OCC1OC(OC[C@H](C)CCC2=C(C)[C@H]3[C@H](CC4[C@@H]5CC=C6C[C@@H](OC7OC(COC(C)=O)C(OC8OC(C)C(OC(C)=O)C(OC(C)=O)C8OC(C)=O)C(OC(C)=O)C7OC7OC(C)C(OC(C)=O)C(OC(C)=O)C7OC(C)=O)CC[C@]6(C)C5CC[C@@]43C)O2)C(OC(C)=O)C(OC(C)=O)C1OC(C)=O. The maximum atomic E-state index is 13.8. The number of rotatable bonds is 26. The minimum Gasteiger partial charge on any atom is -0.494 e. The number of allylic oxidation sites excluding steroid dienone is 2. The fourth-order valence-electron chi connectivity index (χ4n) is 18.0. The Morgan fingerprint density at radius 2 is 0.870 bits per heavy atom. The van der Waals surface area contributed by atoms with Gasteiger partial charge in [-0.3, -0.25) is 57.5 Å². The van der Waals surface area contributed by atoms with Crippen LogP contribution >= 0.6 is 0 Å². The zero-order valence-electron chi connectivity index (χ0n) is 64.6. The first-order valence-corrected chi connectivity index (χ1v) is 37.0. The summed E-state index contributed by atoms with van der Waals surface area (Å²) in [6.45, 7) is 24.4. The molecule has 108 heavy (non-hydrogen) atoms. The van der Waals surface area contributed by atoms with E-state index in [1.165, 1.54) is 38.8 Å². The molecule has 0 N–H and O–H groups in total. The molecule has 33 nitrogen and oxygen atoms in total. The van der Waals surface area contributed by atoms with Gasteiger partial charge in [0.2, 0.25) is 0 Å². The number of fused-ring (bicyclic) bond motifs is 7. The highest BCUT2D eigenvalue weighted by atomic mass is 16.8. The number of hydrogen-bond acceptors (Lipinski definition) is 33. The van der Waals surface area contributed by atoms with E-state index in [9.17, 15) is 57.5 Å². The molecule has 4 saturated heterocycles. The van der Waals surface area contributed by atoms with E-state index in [-0.39, 0.29) is 47.9 Å². The number of carbonyl (C=O) groups is 12. The van der Waals surface area contributed by atoms with Crippen LogP contribution in [0.3, 0.4) is 0 Å². The van der Waals surface area contributed by atoms with Crippen LogP contribution in [0.5, 0.6) is 0 Å². The zero-order valence-corrected chi connectivity index (χ0v) is 64.6. The molecule has 29 atom stereocenters. The molecule has 22 unspecified atom stereocenters. The molecule has 9 rings (SSSR count). The van der Waals surface area contributed by atoms with E-state index in [2.05, 4.69) is 26.8 Å². The van der Waals surface area contributed by atoms with E-state index in [4.69, 9.17) is 99.5 Å². The van der Waals surface area contributed by atoms with E-state index in [1.807, 2.05) is 6.92 Å². The van der Waals surface area contributed by atoms with Gasteiger partial charge in [-0.2, -0.15) is 0 Å². The molecule has 33 heteroatoms. The molecule has 0 bridgehead atoms. The summed E-state index contributed by atoms with van der Waals surface area (Å²) >= 11 is 0. The third-order valence-electron chi connectivity index (χ3n) is 22.1. The molecule has 9 aliphatic rings. The normalized spacial score (nSPS) is 38.4. The van der Waals surface area contributed by atoms with Gasteiger partial charge in [0.1, 0.15) is 37.6 Å². The molecular formula is C75H106O33. The van der Waals surface area contributed by atoms with Gasteiger partial charge in [-0.1, -0.05) is 32.4 Å². The lowest BCUT2D eigenvalue weighted by molar-refractivity contribution is -0.389. The van der Waals surface area contributed by atoms with Crippen molar-refractivity contribution in [3.8, 4) is 0 Å². The Kier molecular flexibility index (Phi) is 28.0. The predicted molar refractivity (Wildman–Crippen MR) is 362 cm³/mol. The summed E-state index contributed by atoms with van der Waals surface area (Å²) in [5, 5.41) is 0. The largest absolute Gasteiger partial charge is 0.494 e. The Morgan fingerprint density at radius 3 is 1.35 bits per heavy atom. The lowest BCUT2D eigenvalue weighted by Gasteiger charge is -2.58. The van der Waals surface area contributed by atoms with E-state index in [0.29, 0.717) is 43.9 Å². The molecule has 0 aromatic carbocycles. The van der Waals surface area contributed by atoms with Crippen LogP contribution in [-0.2, 0) is 157 Å². The zero-order chi connectivity index (χ0) is 79.3. The van der Waals surface area contributed by atoms with E-state index >= 15 is 0 Å². The number of esters is 12. The highest BCUT2D eigenvalue weighted by Gasteiger charge is 2.65. The molecule has 5 heterocycles. The average molecular weight is 1540 g/mol. The Labute approximate surface area is 627 Å². The van der Waals surface area contributed by atoms with Crippen molar-refractivity contribution < 1.29 is 157 Å². The third kappa shape index (κ3) is 19.8. The highest BCUT2D eigenvalue weighted by Crippen LogP contribution is 2.69. The summed E-state index contributed by atoms with van der Waals surface area (Å²) in [6.07, 6.45) is -22.1. The predicted octanol–water partition coefficient (Wildman–Crippen LogP) is 5.82. The first-order chi connectivity index (χ1) is 50.8. The van der Waals surface area contributed by atoms with Gasteiger partial charge in [-0.05, 0) is 112 Å². The van der Waals surface area contributed by atoms with Gasteiger partial charge < -0.3 is 99.5 Å². The first kappa shape index (κ1) is 84.6. The van der Waals surface area contributed by atoms with Crippen molar-refractivity contribution in [3.63, 3.8) is 0 Å². The standard InChI is InChI=1S/C75H106O33/c1-32(29-90-70-66(100-45(14)85)64(98-43(12)83)60(95-40(9)80)55(105-70)30-88-36(5)76)19-22-53-33(2)57-54(104-53)28-52-50-21-20-48-27-49(23-25-74(48,17)51(50)24-26-75(52,57)18)103-73-69(108-72-68(102-47(16)87)63(97-42(11)82)59(35(4)92-72)94-39(8)79)65(99-44(13)84)61(56(106-73)31-89-37(6)77)107-71-67(101-46(15)86)62(96-41(10)81)58(34(3)91-71)93-38(7)78/h20,32,34-35,49-52,54-73H,19,21-31H2,1-18H3/t32-,34?,35?,49+,50-,51?,52?,54+,55?,56?,57+,58?,59?,60?,61?,62?,63?,64?,65?,66?,67?,68?,69?,70?,71?,72?,73?,74+,75+/m1/s1. The Balaban J connectivity index is 0.964. The van der Waals surface area contributed by atoms with Crippen molar-refractivity contribution in [2.24, 2.45) is 40.4 Å². The Bertz CT molecular complexity index is 3400. The monoisotopic (exact) mass is 1530 g/mol. The van der Waals surface area contributed by atoms with Gasteiger partial charge in [-0.25, -0.2) is 0 Å². The fourth-order valence-corrected chi connectivity index (χ4v) is 18.0. The number of hydrogen-bond donors (Lipinski definition) is 0. The fraction of sp³-hybridized carbons (Fsp3) is 0.787. The minimum atomic E-state index is -1.78. The number of carbonyl (C=O) groups excluding carboxylic acids is 12. The van der Waals surface area contributed by atoms with Crippen molar-refractivity contribution in [2.45, 2.75) is 317 Å². The maximum Gasteiger partial charge on any atom is 0.303 e. The maximum absolute atomic E-state index is 13.8. The molecule has 4 aliphatic carbocycles. The van der Waals surface area contributed by atoms with E-state index < -0.39 is 207 Å². The van der Waals surface area contributed by atoms with E-state index in [0.717, 1.165) is 101 Å². The van der Waals surface area contributed by atoms with Crippen LogP contribution in [0, 0.1) is 40.4 Å². The summed E-state index contributed by atoms with van der Waals surface area (Å²) < 4.78 is 128. The van der Waals surface area contributed by atoms with Crippen molar-refractivity contribution in [1.29, 1.82) is 0 Å². The topological polar surface area (TPSA) is 399 Å². The van der Waals surface area contributed by atoms with Crippen LogP contribution in [0.25, 0.3) is 0 Å². The molecule has 0 aromatic rings. The van der Waals surface area contributed by atoms with Crippen molar-refractivity contribution >= 4 is 71.6 Å². The molecule has 3 saturated carbocycles. The number of ether oxygens (including phenoxy) is 21. The minimum absolute atomic E-state index is 0.0442. The molecule has 0 aromatic heterocycles. The average Bonchev–Trinajstić information content (AvgIpc) is 1.52. The lowest BCUT2D eigenvalue weighted by Crippen LogP contribution is -2.68. The smallest absolute Gasteiger partial charge is 0.303 e. The summed E-state index contributed by atoms with van der Waals surface area (Å²) in [5.74, 6) is -7.82. The van der Waals surface area contributed by atoms with Gasteiger partial charge in [0.15, 0.2) is 92.3 Å². The summed E-state index contributed by atoms with van der Waals surface area (Å²) in [7, 11) is 0. The quantitative estimate of drug-likeness (QED) is 0.0559. The molecule has 604 valence electrons. The molecular weight excluding hydrogens is 1430 g/mol. The Hall–Kier alpha value is -7.40. The summed E-state index contributed by atoms with van der Waals surface area (Å²) in [6, 6.07) is 0. The molecule has 0 radical (unpaired) electrons. The Morgan fingerprint density at radius 1 is 0.463 bits per heavy atom. The van der Waals surface area contributed by atoms with Crippen LogP contribution in [-0.4, -0.2) is 226 Å². The van der Waals surface area contributed by atoms with Gasteiger partial charge in [0, 0.05) is 95.4 Å². The van der Waals surface area contributed by atoms with Gasteiger partial charge in [-0.15, -0.1) is 0 Å². The third-order valence-corrected chi connectivity index (χ3v) is 22.1. The van der Waals surface area contributed by atoms with Crippen LogP contribution in [0.1, 0.15) is 182 Å². The van der Waals surface area contributed by atoms with Gasteiger partial charge >= 0.3 is 71.6 Å². The second kappa shape index (κ2) is 35.7. The first-order valence-electron chi connectivity index (χ1n) is 37.0. The van der Waals surface area contributed by atoms with Gasteiger partial charge in [0.05, 0.1) is 30.7 Å². The highest BCUT2D eigenvalue weighted by molar-refractivity contribution is 5.71. The van der Waals surface area contributed by atoms with Crippen molar-refractivity contribution in [1.82, 2.24) is 0 Å². The molecule has 5 aliphatic heterocycles. The van der Waals surface area contributed by atoms with Gasteiger partial charge in [0.25, 0.3) is 0 Å². The molecule has 0 amide bonds. The summed E-state index contributed by atoms with van der Waals surface area (Å²) in [4.78, 5) is 153. The van der Waals surface area contributed by atoms with E-state index in [1.54, 1.807) is 0 Å². The second-order valence-electron chi connectivity index (χ2n) is 30.3. The van der Waals surface area contributed by atoms with Crippen LogP contribution < -0.4 is 0 Å². The molecule has 7 fully saturated rings. The van der Waals surface area contributed by atoms with Crippen LogP contribution in [0.4, 0.5) is 0 Å². The van der Waals surface area contributed by atoms with Crippen molar-refractivity contribution in [2.75, 3.05) is 19.8 Å².